The van der Waals surface area contributed by atoms with Crippen LogP contribution in [0.25, 0.3) is 22.0 Å². The van der Waals surface area contributed by atoms with Crippen LogP contribution in [0, 0.1) is 10.1 Å². The number of rotatable bonds is 3. The van der Waals surface area contributed by atoms with Crippen molar-refractivity contribution in [2.24, 2.45) is 0 Å². The molecule has 0 radical (unpaired) electrons. The summed E-state index contributed by atoms with van der Waals surface area (Å²) in [5.74, 6) is 0. The first-order chi connectivity index (χ1) is 13.6. The van der Waals surface area contributed by atoms with Gasteiger partial charge < -0.3 is 9.64 Å². The van der Waals surface area contributed by atoms with Gasteiger partial charge in [0.05, 0.1) is 23.6 Å². The number of aromatic nitrogens is 1. The summed E-state index contributed by atoms with van der Waals surface area (Å²) in [5.41, 5.74) is 4.40. The van der Waals surface area contributed by atoms with Crippen LogP contribution < -0.4 is 0 Å². The maximum atomic E-state index is 12.3. The molecule has 0 fully saturated rings. The van der Waals surface area contributed by atoms with Crippen molar-refractivity contribution in [1.82, 2.24) is 9.88 Å². The summed E-state index contributed by atoms with van der Waals surface area (Å²) >= 11 is 0. The molecule has 0 atom stereocenters. The molecule has 0 N–H and O–H groups in total. The standard InChI is InChI=1S/C21H19N3O4/c1-2-28-21(25)23-11-10-19-17(13-23)20(14-6-4-3-5-7-14)16-12-15(24(26)27)8-9-18(16)22-19/h3-9,12H,2,10-11,13H2,1H3. The summed E-state index contributed by atoms with van der Waals surface area (Å²) in [6, 6.07) is 14.5. The Balaban J connectivity index is 1.94. The predicted octanol–water partition coefficient (Wildman–Crippen LogP) is 4.32. The molecule has 0 saturated carbocycles. The lowest BCUT2D eigenvalue weighted by Gasteiger charge is -2.29. The second-order valence-electron chi connectivity index (χ2n) is 6.61. The van der Waals surface area contributed by atoms with Crippen LogP contribution in [0.2, 0.25) is 0 Å². The van der Waals surface area contributed by atoms with Crippen LogP contribution >= 0.6 is 0 Å². The first-order valence-corrected chi connectivity index (χ1v) is 9.15. The molecule has 7 nitrogen and oxygen atoms in total. The molecular formula is C21H19N3O4. The van der Waals surface area contributed by atoms with Crippen molar-refractivity contribution in [3.63, 3.8) is 0 Å². The Hall–Kier alpha value is -3.48. The number of carbonyl (C=O) groups is 1. The molecule has 1 amide bonds. The van der Waals surface area contributed by atoms with E-state index >= 15 is 0 Å². The number of nitro benzene ring substituents is 1. The van der Waals surface area contributed by atoms with Gasteiger partial charge in [-0.25, -0.2) is 4.79 Å². The molecular weight excluding hydrogens is 358 g/mol. The highest BCUT2D eigenvalue weighted by molar-refractivity contribution is 5.98. The highest BCUT2D eigenvalue weighted by Gasteiger charge is 2.27. The molecule has 142 valence electrons. The van der Waals surface area contributed by atoms with Gasteiger partial charge >= 0.3 is 6.09 Å². The zero-order chi connectivity index (χ0) is 19.7. The predicted molar refractivity (Wildman–Crippen MR) is 105 cm³/mol. The van der Waals surface area contributed by atoms with E-state index < -0.39 is 4.92 Å². The molecule has 0 saturated heterocycles. The third kappa shape index (κ3) is 3.15. The SMILES string of the molecule is CCOC(=O)N1CCc2nc3ccc([N+](=O)[O-])cc3c(-c3ccccc3)c2C1. The average Bonchev–Trinajstić information content (AvgIpc) is 2.72. The van der Waals surface area contributed by atoms with Gasteiger partial charge in [-0.3, -0.25) is 15.1 Å². The Bertz CT molecular complexity index is 1070. The molecule has 0 bridgehead atoms. The number of fused-ring (bicyclic) bond motifs is 2. The molecule has 0 aliphatic carbocycles. The van der Waals surface area contributed by atoms with Crippen molar-refractivity contribution >= 4 is 22.7 Å². The topological polar surface area (TPSA) is 85.6 Å². The van der Waals surface area contributed by atoms with Gasteiger partial charge in [-0.1, -0.05) is 30.3 Å². The highest BCUT2D eigenvalue weighted by atomic mass is 16.6. The van der Waals surface area contributed by atoms with Gasteiger partial charge in [-0.05, 0) is 24.1 Å². The highest BCUT2D eigenvalue weighted by Crippen LogP contribution is 2.37. The Morgan fingerprint density at radius 3 is 2.75 bits per heavy atom. The number of non-ortho nitro benzene ring substituents is 1. The van der Waals surface area contributed by atoms with Crippen LogP contribution in [-0.2, 0) is 17.7 Å². The molecule has 2 heterocycles. The summed E-state index contributed by atoms with van der Waals surface area (Å²) < 4.78 is 5.16. The minimum Gasteiger partial charge on any atom is -0.450 e. The molecule has 4 rings (SSSR count). The normalized spacial score (nSPS) is 13.2. The van der Waals surface area contributed by atoms with E-state index in [1.165, 1.54) is 6.07 Å². The monoisotopic (exact) mass is 377 g/mol. The van der Waals surface area contributed by atoms with E-state index in [9.17, 15) is 14.9 Å². The Morgan fingerprint density at radius 1 is 1.25 bits per heavy atom. The van der Waals surface area contributed by atoms with Gasteiger partial charge in [-0.2, -0.15) is 0 Å². The number of hydrogen-bond acceptors (Lipinski definition) is 5. The summed E-state index contributed by atoms with van der Waals surface area (Å²) in [6.07, 6.45) is 0.257. The van der Waals surface area contributed by atoms with Crippen molar-refractivity contribution in [1.29, 1.82) is 0 Å². The maximum Gasteiger partial charge on any atom is 0.410 e. The number of benzene rings is 2. The first kappa shape index (κ1) is 17.9. The molecule has 0 spiro atoms. The van der Waals surface area contributed by atoms with Crippen molar-refractivity contribution in [2.75, 3.05) is 13.2 Å². The average molecular weight is 377 g/mol. The second-order valence-corrected chi connectivity index (χ2v) is 6.61. The molecule has 1 aromatic heterocycles. The largest absolute Gasteiger partial charge is 0.450 e. The fourth-order valence-electron chi connectivity index (χ4n) is 3.65. The minimum atomic E-state index is -0.404. The Morgan fingerprint density at radius 2 is 2.04 bits per heavy atom. The summed E-state index contributed by atoms with van der Waals surface area (Å²) in [4.78, 5) is 29.6. The number of pyridine rings is 1. The van der Waals surface area contributed by atoms with E-state index in [0.29, 0.717) is 37.0 Å². The van der Waals surface area contributed by atoms with Crippen LogP contribution in [0.5, 0.6) is 0 Å². The van der Waals surface area contributed by atoms with Crippen LogP contribution in [0.4, 0.5) is 10.5 Å². The fraction of sp³-hybridized carbons (Fsp3) is 0.238. The molecule has 1 aliphatic heterocycles. The summed E-state index contributed by atoms with van der Waals surface area (Å²) in [7, 11) is 0. The van der Waals surface area contributed by atoms with Gasteiger partial charge in [0.2, 0.25) is 0 Å². The van der Waals surface area contributed by atoms with Crippen LogP contribution in [0.1, 0.15) is 18.2 Å². The first-order valence-electron chi connectivity index (χ1n) is 9.15. The third-order valence-corrected chi connectivity index (χ3v) is 4.92. The fourth-order valence-corrected chi connectivity index (χ4v) is 3.65. The van der Waals surface area contributed by atoms with Crippen molar-refractivity contribution in [2.45, 2.75) is 19.9 Å². The number of nitrogens with zero attached hydrogens (tertiary/aromatic N) is 3. The van der Waals surface area contributed by atoms with Gasteiger partial charge in [-0.15, -0.1) is 0 Å². The number of ether oxygens (including phenoxy) is 1. The smallest absolute Gasteiger partial charge is 0.410 e. The lowest BCUT2D eigenvalue weighted by Crippen LogP contribution is -2.37. The maximum absolute atomic E-state index is 12.3. The van der Waals surface area contributed by atoms with E-state index in [4.69, 9.17) is 9.72 Å². The summed E-state index contributed by atoms with van der Waals surface area (Å²) in [6.45, 7) is 2.99. The zero-order valence-corrected chi connectivity index (χ0v) is 15.4. The van der Waals surface area contributed by atoms with E-state index in [0.717, 1.165) is 22.4 Å². The molecule has 2 aromatic carbocycles. The third-order valence-electron chi connectivity index (χ3n) is 4.92. The second kappa shape index (κ2) is 7.26. The van der Waals surface area contributed by atoms with Crippen molar-refractivity contribution in [3.05, 3.63) is 69.9 Å². The van der Waals surface area contributed by atoms with Gasteiger partial charge in [0.25, 0.3) is 5.69 Å². The van der Waals surface area contributed by atoms with Crippen LogP contribution in [0.3, 0.4) is 0 Å². The molecule has 1 aliphatic rings. The Labute approximate surface area is 161 Å². The van der Waals surface area contributed by atoms with Crippen LogP contribution in [0.15, 0.2) is 48.5 Å². The number of amides is 1. The lowest BCUT2D eigenvalue weighted by atomic mass is 9.91. The lowest BCUT2D eigenvalue weighted by molar-refractivity contribution is -0.384. The van der Waals surface area contributed by atoms with Crippen molar-refractivity contribution < 1.29 is 14.5 Å². The number of carbonyl (C=O) groups excluding carboxylic acids is 1. The molecule has 0 unspecified atom stereocenters. The zero-order valence-electron chi connectivity index (χ0n) is 15.4. The number of nitro groups is 1. The molecule has 3 aromatic rings. The molecule has 28 heavy (non-hydrogen) atoms. The molecule has 7 heteroatoms. The van der Waals surface area contributed by atoms with Gasteiger partial charge in [0, 0.05) is 41.7 Å². The number of hydrogen-bond donors (Lipinski definition) is 0. The van der Waals surface area contributed by atoms with Gasteiger partial charge in [0.1, 0.15) is 0 Å². The van der Waals surface area contributed by atoms with E-state index in [2.05, 4.69) is 0 Å². The van der Waals surface area contributed by atoms with Crippen LogP contribution in [-0.4, -0.2) is 34.1 Å². The van der Waals surface area contributed by atoms with E-state index in [1.54, 1.807) is 24.0 Å². The van der Waals surface area contributed by atoms with E-state index in [-0.39, 0.29) is 11.8 Å². The minimum absolute atomic E-state index is 0.0180. The van der Waals surface area contributed by atoms with E-state index in [1.807, 2.05) is 30.3 Å². The summed E-state index contributed by atoms with van der Waals surface area (Å²) in [5, 5.41) is 12.0. The van der Waals surface area contributed by atoms with Crippen molar-refractivity contribution in [3.8, 4) is 11.1 Å². The quantitative estimate of drug-likeness (QED) is 0.501. The van der Waals surface area contributed by atoms with Gasteiger partial charge in [0.15, 0.2) is 0 Å². The Kier molecular flexibility index (Phi) is 4.65.